The van der Waals surface area contributed by atoms with Gasteiger partial charge in [-0.1, -0.05) is 41.4 Å². The second-order valence-electron chi connectivity index (χ2n) is 5.08. The van der Waals surface area contributed by atoms with Crippen LogP contribution < -0.4 is 10.6 Å². The fourth-order valence-corrected chi connectivity index (χ4v) is 3.31. The zero-order valence-electron chi connectivity index (χ0n) is 12.6. The monoisotopic (exact) mass is 377 g/mol. The summed E-state index contributed by atoms with van der Waals surface area (Å²) < 4.78 is 0. The number of nitrogens with one attached hydrogen (secondary N) is 2. The van der Waals surface area contributed by atoms with Crippen LogP contribution in [0.5, 0.6) is 0 Å². The summed E-state index contributed by atoms with van der Waals surface area (Å²) in [5.74, 6) is -0.299. The highest BCUT2D eigenvalue weighted by atomic mass is 35.5. The molecule has 1 amide bonds. The number of amides is 1. The van der Waals surface area contributed by atoms with E-state index in [4.69, 9.17) is 23.2 Å². The summed E-state index contributed by atoms with van der Waals surface area (Å²) in [4.78, 5) is 16.6. The van der Waals surface area contributed by atoms with Crippen molar-refractivity contribution >= 4 is 56.8 Å². The standard InChI is InChI=1S/C17H13Cl2N3OS/c1-10-4-2-5-11(8-10)21-16(23)15-17(24-9-20-15)22-14-12(18)6-3-7-13(14)19/h2-9,22H,1H3,(H,21,23). The van der Waals surface area contributed by atoms with Crippen molar-refractivity contribution in [3.05, 3.63) is 69.3 Å². The van der Waals surface area contributed by atoms with Gasteiger partial charge >= 0.3 is 0 Å². The van der Waals surface area contributed by atoms with E-state index in [1.807, 2.05) is 31.2 Å². The van der Waals surface area contributed by atoms with Crippen molar-refractivity contribution < 1.29 is 4.79 Å². The second kappa shape index (κ2) is 7.21. The Morgan fingerprint density at radius 1 is 1.12 bits per heavy atom. The van der Waals surface area contributed by atoms with Crippen molar-refractivity contribution in [3.63, 3.8) is 0 Å². The van der Waals surface area contributed by atoms with Crippen LogP contribution in [0.25, 0.3) is 0 Å². The Hall–Kier alpha value is -2.08. The minimum absolute atomic E-state index is 0.289. The molecule has 4 nitrogen and oxygen atoms in total. The number of thiazole rings is 1. The number of hydrogen-bond acceptors (Lipinski definition) is 4. The molecule has 0 unspecified atom stereocenters. The number of nitrogens with zero attached hydrogens (tertiary/aromatic N) is 1. The number of aryl methyl sites for hydroxylation is 1. The molecule has 0 aliphatic heterocycles. The molecule has 0 radical (unpaired) electrons. The van der Waals surface area contributed by atoms with Crippen LogP contribution in [-0.2, 0) is 0 Å². The van der Waals surface area contributed by atoms with Gasteiger partial charge in [-0.2, -0.15) is 0 Å². The van der Waals surface area contributed by atoms with Crippen LogP contribution in [0.3, 0.4) is 0 Å². The van der Waals surface area contributed by atoms with Gasteiger partial charge in [0.05, 0.1) is 21.2 Å². The quantitative estimate of drug-likeness (QED) is 0.607. The van der Waals surface area contributed by atoms with Crippen LogP contribution in [-0.4, -0.2) is 10.9 Å². The van der Waals surface area contributed by atoms with Gasteiger partial charge < -0.3 is 10.6 Å². The Labute approximate surface area is 153 Å². The van der Waals surface area contributed by atoms with Crippen LogP contribution >= 0.6 is 34.5 Å². The first-order valence-corrected chi connectivity index (χ1v) is 8.70. The maximum absolute atomic E-state index is 12.5. The molecule has 0 saturated heterocycles. The zero-order valence-corrected chi connectivity index (χ0v) is 15.0. The first-order valence-electron chi connectivity index (χ1n) is 7.07. The molecule has 1 aromatic heterocycles. The lowest BCUT2D eigenvalue weighted by Crippen LogP contribution is -2.14. The molecule has 3 rings (SSSR count). The summed E-state index contributed by atoms with van der Waals surface area (Å²) in [5.41, 5.74) is 4.22. The number of rotatable bonds is 4. The topological polar surface area (TPSA) is 54.0 Å². The molecule has 24 heavy (non-hydrogen) atoms. The van der Waals surface area contributed by atoms with Crippen LogP contribution in [0.2, 0.25) is 10.0 Å². The molecule has 122 valence electrons. The molecule has 1 heterocycles. The molecule has 7 heteroatoms. The lowest BCUT2D eigenvalue weighted by Gasteiger charge is -2.10. The van der Waals surface area contributed by atoms with E-state index in [0.29, 0.717) is 20.7 Å². The molecule has 0 aliphatic carbocycles. The first-order chi connectivity index (χ1) is 11.5. The average Bonchev–Trinajstić information content (AvgIpc) is 2.99. The van der Waals surface area contributed by atoms with Gasteiger partial charge in [-0.3, -0.25) is 4.79 Å². The largest absolute Gasteiger partial charge is 0.343 e. The molecule has 3 aromatic rings. The van der Waals surface area contributed by atoms with Gasteiger partial charge in [0.1, 0.15) is 5.00 Å². The number of para-hydroxylation sites is 1. The Bertz CT molecular complexity index is 875. The summed E-state index contributed by atoms with van der Waals surface area (Å²) >= 11 is 13.6. The van der Waals surface area contributed by atoms with Gasteiger partial charge in [-0.25, -0.2) is 4.98 Å². The molecular formula is C17H13Cl2N3OS. The van der Waals surface area contributed by atoms with Gasteiger partial charge in [0.2, 0.25) is 0 Å². The van der Waals surface area contributed by atoms with E-state index < -0.39 is 0 Å². The van der Waals surface area contributed by atoms with Gasteiger partial charge in [-0.15, -0.1) is 11.3 Å². The van der Waals surface area contributed by atoms with Crippen LogP contribution in [0.1, 0.15) is 16.1 Å². The molecule has 0 atom stereocenters. The van der Waals surface area contributed by atoms with E-state index in [0.717, 1.165) is 11.3 Å². The molecule has 2 N–H and O–H groups in total. The molecule has 0 saturated carbocycles. The van der Waals surface area contributed by atoms with Crippen molar-refractivity contribution in [2.45, 2.75) is 6.92 Å². The van der Waals surface area contributed by atoms with Crippen molar-refractivity contribution in [2.24, 2.45) is 0 Å². The fraction of sp³-hybridized carbons (Fsp3) is 0.0588. The zero-order chi connectivity index (χ0) is 17.1. The Morgan fingerprint density at radius 3 is 2.54 bits per heavy atom. The van der Waals surface area contributed by atoms with Crippen molar-refractivity contribution in [2.75, 3.05) is 10.6 Å². The van der Waals surface area contributed by atoms with Crippen molar-refractivity contribution in [1.82, 2.24) is 4.98 Å². The minimum atomic E-state index is -0.299. The SMILES string of the molecule is Cc1cccc(NC(=O)c2ncsc2Nc2c(Cl)cccc2Cl)c1. The average molecular weight is 378 g/mol. The van der Waals surface area contributed by atoms with E-state index in [1.54, 1.807) is 23.7 Å². The highest BCUT2D eigenvalue weighted by molar-refractivity contribution is 7.14. The predicted molar refractivity (Wildman–Crippen MR) is 101 cm³/mol. The Kier molecular flexibility index (Phi) is 5.04. The third-order valence-corrected chi connectivity index (χ3v) is 4.63. The molecule has 0 spiro atoms. The van der Waals surface area contributed by atoms with Crippen molar-refractivity contribution in [1.29, 1.82) is 0 Å². The summed E-state index contributed by atoms with van der Waals surface area (Å²) in [6, 6.07) is 12.8. The smallest absolute Gasteiger partial charge is 0.277 e. The van der Waals surface area contributed by atoms with Crippen LogP contribution in [0, 0.1) is 6.92 Å². The first kappa shape index (κ1) is 16.8. The Balaban J connectivity index is 1.84. The molecule has 2 aromatic carbocycles. The third kappa shape index (κ3) is 3.70. The number of halogens is 2. The molecule has 0 aliphatic rings. The number of carbonyl (C=O) groups excluding carboxylic acids is 1. The van der Waals surface area contributed by atoms with Gasteiger partial charge in [0.25, 0.3) is 5.91 Å². The maximum Gasteiger partial charge on any atom is 0.277 e. The number of carbonyl (C=O) groups is 1. The lowest BCUT2D eigenvalue weighted by atomic mass is 10.2. The predicted octanol–water partition coefficient (Wildman–Crippen LogP) is 5.75. The number of aromatic nitrogens is 1. The minimum Gasteiger partial charge on any atom is -0.343 e. The molecule has 0 fully saturated rings. The van der Waals surface area contributed by atoms with E-state index >= 15 is 0 Å². The lowest BCUT2D eigenvalue weighted by molar-refractivity contribution is 0.102. The van der Waals surface area contributed by atoms with E-state index in [1.165, 1.54) is 11.3 Å². The normalized spacial score (nSPS) is 10.5. The van der Waals surface area contributed by atoms with E-state index in [-0.39, 0.29) is 11.6 Å². The van der Waals surface area contributed by atoms with Crippen LogP contribution in [0.4, 0.5) is 16.4 Å². The number of anilines is 3. The molecular weight excluding hydrogens is 365 g/mol. The second-order valence-corrected chi connectivity index (χ2v) is 6.74. The summed E-state index contributed by atoms with van der Waals surface area (Å²) in [6.45, 7) is 1.96. The van der Waals surface area contributed by atoms with Crippen molar-refractivity contribution in [3.8, 4) is 0 Å². The number of hydrogen-bond donors (Lipinski definition) is 2. The molecule has 0 bridgehead atoms. The van der Waals surface area contributed by atoms with Gasteiger partial charge in [0.15, 0.2) is 5.69 Å². The Morgan fingerprint density at radius 2 is 1.83 bits per heavy atom. The summed E-state index contributed by atoms with van der Waals surface area (Å²) in [6.07, 6.45) is 0. The van der Waals surface area contributed by atoms with Gasteiger partial charge in [0, 0.05) is 5.69 Å². The van der Waals surface area contributed by atoms with E-state index in [9.17, 15) is 4.79 Å². The number of benzene rings is 2. The van der Waals surface area contributed by atoms with Gasteiger partial charge in [-0.05, 0) is 36.8 Å². The highest BCUT2D eigenvalue weighted by Crippen LogP contribution is 2.35. The fourth-order valence-electron chi connectivity index (χ4n) is 2.14. The highest BCUT2D eigenvalue weighted by Gasteiger charge is 2.17. The maximum atomic E-state index is 12.5. The van der Waals surface area contributed by atoms with E-state index in [2.05, 4.69) is 15.6 Å². The summed E-state index contributed by atoms with van der Waals surface area (Å²) in [5, 5.41) is 7.46. The third-order valence-electron chi connectivity index (χ3n) is 3.26. The van der Waals surface area contributed by atoms with Crippen LogP contribution in [0.15, 0.2) is 48.0 Å². The summed E-state index contributed by atoms with van der Waals surface area (Å²) in [7, 11) is 0.